The van der Waals surface area contributed by atoms with Crippen LogP contribution < -0.4 is 15.7 Å². The molecule has 0 bridgehead atoms. The van der Waals surface area contributed by atoms with E-state index in [2.05, 4.69) is 0 Å². The van der Waals surface area contributed by atoms with Gasteiger partial charge in [0.05, 0.1) is 7.11 Å². The van der Waals surface area contributed by atoms with E-state index >= 15 is 0 Å². The van der Waals surface area contributed by atoms with E-state index in [1.54, 1.807) is 0 Å². The molecule has 0 heterocycles. The number of halogens is 5. The first kappa shape index (κ1) is 15.3. The van der Waals surface area contributed by atoms with Crippen LogP contribution in [0.5, 0.6) is 5.75 Å². The third kappa shape index (κ3) is 2.72. The van der Waals surface area contributed by atoms with Crippen LogP contribution in [0, 0.1) is 36.0 Å². The molecule has 0 atom stereocenters. The molecular formula is C14H9BF5O. The average molecular weight is 299 g/mol. The number of ether oxygens (including phenoxy) is 1. The van der Waals surface area contributed by atoms with Gasteiger partial charge in [0.1, 0.15) is 11.6 Å². The predicted octanol–water partition coefficient (Wildman–Crippen LogP) is 2.35. The minimum atomic E-state index is -1.37. The molecule has 0 spiro atoms. The first-order valence-corrected chi connectivity index (χ1v) is 5.87. The van der Waals surface area contributed by atoms with E-state index < -0.39 is 40.0 Å². The number of hydrogen-bond acceptors (Lipinski definition) is 1. The fourth-order valence-corrected chi connectivity index (χ4v) is 1.89. The topological polar surface area (TPSA) is 9.23 Å². The summed E-state index contributed by atoms with van der Waals surface area (Å²) < 4.78 is 72.5. The molecule has 0 aliphatic rings. The lowest BCUT2D eigenvalue weighted by Gasteiger charge is -2.11. The molecule has 21 heavy (non-hydrogen) atoms. The van der Waals surface area contributed by atoms with Gasteiger partial charge in [-0.1, -0.05) is 0 Å². The van der Waals surface area contributed by atoms with Crippen molar-refractivity contribution in [1.82, 2.24) is 0 Å². The zero-order valence-corrected chi connectivity index (χ0v) is 11.1. The normalized spacial score (nSPS) is 10.6. The van der Waals surface area contributed by atoms with Gasteiger partial charge in [0, 0.05) is 6.07 Å². The Morgan fingerprint density at radius 2 is 1.52 bits per heavy atom. The van der Waals surface area contributed by atoms with Crippen LogP contribution in [-0.2, 0) is 0 Å². The summed E-state index contributed by atoms with van der Waals surface area (Å²) in [5.41, 5.74) is -1.41. The Hall–Kier alpha value is -2.05. The first-order chi connectivity index (χ1) is 9.86. The minimum Gasteiger partial charge on any atom is -0.494 e. The van der Waals surface area contributed by atoms with Crippen molar-refractivity contribution in [2.24, 2.45) is 0 Å². The maximum Gasteiger partial charge on any atom is 0.203 e. The summed E-state index contributed by atoms with van der Waals surface area (Å²) in [6.07, 6.45) is 0. The summed E-state index contributed by atoms with van der Waals surface area (Å²) in [5, 5.41) is 0. The molecule has 0 saturated carbocycles. The molecule has 0 unspecified atom stereocenters. The molecule has 0 aliphatic carbocycles. The van der Waals surface area contributed by atoms with Crippen molar-refractivity contribution < 1.29 is 26.7 Å². The van der Waals surface area contributed by atoms with Gasteiger partial charge in [-0.05, 0) is 35.5 Å². The fourth-order valence-electron chi connectivity index (χ4n) is 1.89. The van der Waals surface area contributed by atoms with Crippen LogP contribution in [0.15, 0.2) is 18.2 Å². The highest BCUT2D eigenvalue weighted by Gasteiger charge is 2.21. The molecule has 1 radical (unpaired) electrons. The third-order valence-corrected chi connectivity index (χ3v) is 3.05. The minimum absolute atomic E-state index is 0.247. The maximum atomic E-state index is 14.0. The lowest BCUT2D eigenvalue weighted by molar-refractivity contribution is 0.386. The van der Waals surface area contributed by atoms with Gasteiger partial charge in [0.2, 0.25) is 7.28 Å². The molecule has 0 N–H and O–H groups in total. The summed E-state index contributed by atoms with van der Waals surface area (Å²) in [5.74, 6) is -6.03. The second kappa shape index (κ2) is 5.75. The Bertz CT molecular complexity index is 702. The highest BCUT2D eigenvalue weighted by Crippen LogP contribution is 2.16. The Balaban J connectivity index is 2.56. The van der Waals surface area contributed by atoms with Gasteiger partial charge in [-0.25, -0.2) is 22.0 Å². The number of hydrogen-bond donors (Lipinski definition) is 0. The highest BCUT2D eigenvalue weighted by atomic mass is 19.2. The van der Waals surface area contributed by atoms with Crippen molar-refractivity contribution in [2.45, 2.75) is 6.92 Å². The van der Waals surface area contributed by atoms with E-state index in [-0.39, 0.29) is 11.3 Å². The summed E-state index contributed by atoms with van der Waals surface area (Å²) >= 11 is 0. The van der Waals surface area contributed by atoms with Crippen molar-refractivity contribution in [3.63, 3.8) is 0 Å². The Kier molecular flexibility index (Phi) is 4.20. The summed E-state index contributed by atoms with van der Waals surface area (Å²) in [4.78, 5) is 0. The largest absolute Gasteiger partial charge is 0.494 e. The zero-order chi connectivity index (χ0) is 15.7. The molecule has 0 saturated heterocycles. The van der Waals surface area contributed by atoms with Gasteiger partial charge >= 0.3 is 0 Å². The van der Waals surface area contributed by atoms with Crippen LogP contribution in [0.2, 0.25) is 0 Å². The zero-order valence-electron chi connectivity index (χ0n) is 11.1. The predicted molar refractivity (Wildman–Crippen MR) is 69.0 cm³/mol. The van der Waals surface area contributed by atoms with Gasteiger partial charge in [0.15, 0.2) is 23.2 Å². The van der Waals surface area contributed by atoms with Crippen molar-refractivity contribution in [1.29, 1.82) is 0 Å². The molecule has 1 nitrogen and oxygen atoms in total. The molecule has 2 rings (SSSR count). The number of rotatable bonds is 3. The van der Waals surface area contributed by atoms with Gasteiger partial charge in [0.25, 0.3) is 0 Å². The molecular weight excluding hydrogens is 290 g/mol. The van der Waals surface area contributed by atoms with E-state index in [0.29, 0.717) is 6.07 Å². The summed E-state index contributed by atoms with van der Waals surface area (Å²) in [7, 11) is 1.96. The van der Waals surface area contributed by atoms with E-state index in [1.807, 2.05) is 0 Å². The van der Waals surface area contributed by atoms with Crippen molar-refractivity contribution >= 4 is 18.2 Å². The fraction of sp³-hybridized carbons (Fsp3) is 0.143. The maximum absolute atomic E-state index is 14.0. The first-order valence-electron chi connectivity index (χ1n) is 5.87. The van der Waals surface area contributed by atoms with Crippen LogP contribution >= 0.6 is 0 Å². The van der Waals surface area contributed by atoms with Crippen LogP contribution in [0.25, 0.3) is 0 Å². The van der Waals surface area contributed by atoms with Gasteiger partial charge in [-0.15, -0.1) is 0 Å². The van der Waals surface area contributed by atoms with Gasteiger partial charge < -0.3 is 4.74 Å². The lowest BCUT2D eigenvalue weighted by atomic mass is 9.61. The molecule has 0 aliphatic heterocycles. The molecule has 7 heteroatoms. The monoisotopic (exact) mass is 299 g/mol. The lowest BCUT2D eigenvalue weighted by Crippen LogP contribution is -2.37. The molecule has 2 aromatic carbocycles. The van der Waals surface area contributed by atoms with Gasteiger partial charge in [-0.2, -0.15) is 0 Å². The van der Waals surface area contributed by atoms with Crippen LogP contribution in [0.3, 0.4) is 0 Å². The van der Waals surface area contributed by atoms with Crippen molar-refractivity contribution in [3.8, 4) is 5.75 Å². The quantitative estimate of drug-likeness (QED) is 0.480. The number of benzene rings is 2. The highest BCUT2D eigenvalue weighted by molar-refractivity contribution is 6.68. The van der Waals surface area contributed by atoms with Crippen molar-refractivity contribution in [3.05, 3.63) is 52.8 Å². The van der Waals surface area contributed by atoms with Crippen LogP contribution in [0.1, 0.15) is 5.56 Å². The Morgan fingerprint density at radius 1 is 0.857 bits per heavy atom. The van der Waals surface area contributed by atoms with Crippen LogP contribution in [0.4, 0.5) is 22.0 Å². The van der Waals surface area contributed by atoms with E-state index in [9.17, 15) is 22.0 Å². The number of methoxy groups -OCH3 is 1. The SMILES string of the molecule is COc1ccc(F)c([B]c2c(F)cc(F)c(F)c2C)c1F. The molecule has 109 valence electrons. The van der Waals surface area contributed by atoms with E-state index in [0.717, 1.165) is 26.3 Å². The van der Waals surface area contributed by atoms with E-state index in [4.69, 9.17) is 4.74 Å². The third-order valence-electron chi connectivity index (χ3n) is 3.05. The van der Waals surface area contributed by atoms with E-state index in [1.165, 1.54) is 7.11 Å². The second-order valence-electron chi connectivity index (χ2n) is 4.31. The molecule has 0 fully saturated rings. The average Bonchev–Trinajstić information content (AvgIpc) is 2.44. The van der Waals surface area contributed by atoms with Crippen LogP contribution in [-0.4, -0.2) is 14.4 Å². The molecule has 0 amide bonds. The van der Waals surface area contributed by atoms with Crippen molar-refractivity contribution in [2.75, 3.05) is 7.11 Å². The summed E-state index contributed by atoms with van der Waals surface area (Å²) in [6, 6.07) is 2.32. The standard InChI is InChI=1S/C14H9BF5O/c1-6-11(8(17)5-9(18)13(6)19)15-12-7(16)3-4-10(21-2)14(12)20/h3-5H,1-2H3. The molecule has 0 aromatic heterocycles. The summed E-state index contributed by atoms with van der Waals surface area (Å²) in [6.45, 7) is 1.11. The second-order valence-corrected chi connectivity index (χ2v) is 4.31. The smallest absolute Gasteiger partial charge is 0.203 e. The molecule has 2 aromatic rings. The Morgan fingerprint density at radius 3 is 2.14 bits per heavy atom. The Labute approximate surface area is 118 Å². The van der Waals surface area contributed by atoms with Gasteiger partial charge in [-0.3, -0.25) is 0 Å².